The molecule has 0 aliphatic heterocycles. The van der Waals surface area contributed by atoms with Crippen LogP contribution in [0.2, 0.25) is 0 Å². The van der Waals surface area contributed by atoms with Crippen LogP contribution in [0.15, 0.2) is 88.5 Å². The number of ether oxygens (including phenoxy) is 1. The van der Waals surface area contributed by atoms with E-state index in [-0.39, 0.29) is 5.75 Å². The number of hydrogen-bond donors (Lipinski definition) is 0. The van der Waals surface area contributed by atoms with E-state index < -0.39 is 6.36 Å². The van der Waals surface area contributed by atoms with Gasteiger partial charge in [0.15, 0.2) is 0 Å². The molecule has 4 aromatic rings. The fourth-order valence-corrected chi connectivity index (χ4v) is 3.82. The van der Waals surface area contributed by atoms with Gasteiger partial charge in [-0.25, -0.2) is 0 Å². The van der Waals surface area contributed by atoms with Crippen molar-refractivity contribution in [2.45, 2.75) is 23.8 Å². The minimum Gasteiger partial charge on any atom is -0.416 e. The minimum absolute atomic E-state index is 0.268. The van der Waals surface area contributed by atoms with Gasteiger partial charge in [-0.05, 0) is 34.4 Å². The van der Waals surface area contributed by atoms with Crippen molar-refractivity contribution >= 4 is 11.8 Å². The summed E-state index contributed by atoms with van der Waals surface area (Å²) in [5.41, 5.74) is 4.18. The molecule has 4 nitrogen and oxygen atoms in total. The molecule has 158 valence electrons. The minimum atomic E-state index is -4.71. The average molecular weight is 442 g/mol. The summed E-state index contributed by atoms with van der Waals surface area (Å²) in [7, 11) is 0. The van der Waals surface area contributed by atoms with Gasteiger partial charge >= 0.3 is 6.36 Å². The maximum absolute atomic E-state index is 12.3. The smallest absolute Gasteiger partial charge is 0.416 e. The molecule has 0 amide bonds. The molecule has 0 atom stereocenters. The number of benzene rings is 3. The van der Waals surface area contributed by atoms with Gasteiger partial charge in [-0.15, -0.1) is 23.4 Å². The molecule has 0 bridgehead atoms. The van der Waals surface area contributed by atoms with Gasteiger partial charge in [0, 0.05) is 5.75 Å². The molecule has 0 aliphatic carbocycles. The van der Waals surface area contributed by atoms with Crippen molar-refractivity contribution in [2.24, 2.45) is 0 Å². The van der Waals surface area contributed by atoms with Crippen LogP contribution >= 0.6 is 11.8 Å². The third-order valence-electron chi connectivity index (χ3n) is 4.41. The second kappa shape index (κ2) is 9.26. The zero-order chi connectivity index (χ0) is 21.7. The number of nitrogens with zero attached hydrogens (tertiary/aromatic N) is 2. The number of thioether (sulfide) groups is 1. The first kappa shape index (κ1) is 21.0. The van der Waals surface area contributed by atoms with E-state index in [4.69, 9.17) is 4.42 Å². The highest BCUT2D eigenvalue weighted by molar-refractivity contribution is 7.98. The molecule has 1 aromatic heterocycles. The number of aromatic nitrogens is 2. The van der Waals surface area contributed by atoms with Crippen LogP contribution < -0.4 is 4.74 Å². The Morgan fingerprint density at radius 3 is 2.29 bits per heavy atom. The van der Waals surface area contributed by atoms with Crippen molar-refractivity contribution in [3.63, 3.8) is 0 Å². The Balaban J connectivity index is 1.38. The highest BCUT2D eigenvalue weighted by Gasteiger charge is 2.30. The molecule has 4 rings (SSSR count). The van der Waals surface area contributed by atoms with E-state index in [1.165, 1.54) is 36.0 Å². The molecule has 3 aromatic carbocycles. The summed E-state index contributed by atoms with van der Waals surface area (Å²) >= 11 is 1.44. The van der Waals surface area contributed by atoms with Gasteiger partial charge in [0.1, 0.15) is 5.75 Å². The van der Waals surface area contributed by atoms with Crippen LogP contribution in [0.5, 0.6) is 5.75 Å². The molecule has 0 saturated heterocycles. The van der Waals surface area contributed by atoms with E-state index in [1.54, 1.807) is 0 Å². The van der Waals surface area contributed by atoms with Crippen LogP contribution in [-0.2, 0) is 12.2 Å². The van der Waals surface area contributed by atoms with Crippen LogP contribution in [0.25, 0.3) is 11.1 Å². The Morgan fingerprint density at radius 1 is 0.839 bits per heavy atom. The SMILES string of the molecule is FC(F)(F)Oc1ccc(Cc2nnc(SCc3ccccc3-c3ccccc3)o2)cc1. The van der Waals surface area contributed by atoms with Crippen LogP contribution in [0.3, 0.4) is 0 Å². The predicted molar refractivity (Wildman–Crippen MR) is 112 cm³/mol. The second-order valence-electron chi connectivity index (χ2n) is 6.64. The number of alkyl halides is 3. The molecule has 0 radical (unpaired) electrons. The largest absolute Gasteiger partial charge is 0.573 e. The second-order valence-corrected chi connectivity index (χ2v) is 7.57. The van der Waals surface area contributed by atoms with E-state index in [2.05, 4.69) is 39.2 Å². The normalized spacial score (nSPS) is 11.5. The molecule has 8 heteroatoms. The van der Waals surface area contributed by atoms with Gasteiger partial charge in [-0.3, -0.25) is 0 Å². The molecule has 0 spiro atoms. The summed E-state index contributed by atoms with van der Waals surface area (Å²) < 4.78 is 46.3. The Bertz CT molecular complexity index is 1130. The number of halogens is 3. The van der Waals surface area contributed by atoms with Gasteiger partial charge in [0.2, 0.25) is 5.89 Å². The third kappa shape index (κ3) is 5.88. The zero-order valence-electron chi connectivity index (χ0n) is 16.2. The Kier molecular flexibility index (Phi) is 6.27. The molecule has 0 N–H and O–H groups in total. The van der Waals surface area contributed by atoms with Gasteiger partial charge in [0.05, 0.1) is 6.42 Å². The fourth-order valence-electron chi connectivity index (χ4n) is 3.04. The lowest BCUT2D eigenvalue weighted by Crippen LogP contribution is -2.17. The number of rotatable bonds is 7. The van der Waals surface area contributed by atoms with Crippen molar-refractivity contribution in [3.8, 4) is 16.9 Å². The molecule has 31 heavy (non-hydrogen) atoms. The van der Waals surface area contributed by atoms with Crippen molar-refractivity contribution in [2.75, 3.05) is 0 Å². The third-order valence-corrected chi connectivity index (χ3v) is 5.28. The highest BCUT2D eigenvalue weighted by atomic mass is 32.2. The van der Waals surface area contributed by atoms with E-state index >= 15 is 0 Å². The lowest BCUT2D eigenvalue weighted by molar-refractivity contribution is -0.274. The van der Waals surface area contributed by atoms with E-state index in [9.17, 15) is 13.2 Å². The lowest BCUT2D eigenvalue weighted by atomic mass is 10.0. The fraction of sp³-hybridized carbons (Fsp3) is 0.130. The standard InChI is InChI=1S/C23H17F3N2O2S/c24-23(25,26)30-19-12-10-16(11-13-19)14-21-27-28-22(29-21)31-15-18-8-4-5-9-20(18)17-6-2-1-3-7-17/h1-13H,14-15H2. The van der Waals surface area contributed by atoms with Crippen LogP contribution in [0.4, 0.5) is 13.2 Å². The van der Waals surface area contributed by atoms with Crippen molar-refractivity contribution in [1.29, 1.82) is 0 Å². The zero-order valence-corrected chi connectivity index (χ0v) is 17.0. The highest BCUT2D eigenvalue weighted by Crippen LogP contribution is 2.30. The Morgan fingerprint density at radius 2 is 1.55 bits per heavy atom. The molecule has 0 fully saturated rings. The Hall–Kier alpha value is -3.26. The molecule has 1 heterocycles. The molecular weight excluding hydrogens is 425 g/mol. The summed E-state index contributed by atoms with van der Waals surface area (Å²) in [6, 6.07) is 23.9. The monoisotopic (exact) mass is 442 g/mol. The van der Waals surface area contributed by atoms with E-state index in [0.717, 1.165) is 22.3 Å². The van der Waals surface area contributed by atoms with Crippen LogP contribution in [-0.4, -0.2) is 16.6 Å². The first-order valence-corrected chi connectivity index (χ1v) is 10.4. The first-order valence-electron chi connectivity index (χ1n) is 9.39. The predicted octanol–water partition coefficient (Wildman–Crippen LogP) is 6.52. The topological polar surface area (TPSA) is 48.2 Å². The summed E-state index contributed by atoms with van der Waals surface area (Å²) in [6.07, 6.45) is -4.39. The van der Waals surface area contributed by atoms with E-state index in [0.29, 0.717) is 23.3 Å². The summed E-state index contributed by atoms with van der Waals surface area (Å²) in [6.45, 7) is 0. The van der Waals surface area contributed by atoms with Gasteiger partial charge in [-0.2, -0.15) is 0 Å². The summed E-state index contributed by atoms with van der Waals surface area (Å²) in [5.74, 6) is 0.786. The molecule has 0 aliphatic rings. The van der Waals surface area contributed by atoms with Crippen molar-refractivity contribution in [1.82, 2.24) is 10.2 Å². The van der Waals surface area contributed by atoms with Crippen LogP contribution in [0.1, 0.15) is 17.0 Å². The summed E-state index contributed by atoms with van der Waals surface area (Å²) in [5, 5.41) is 8.55. The molecular formula is C23H17F3N2O2S. The Labute approximate surface area is 181 Å². The number of hydrogen-bond acceptors (Lipinski definition) is 5. The van der Waals surface area contributed by atoms with E-state index in [1.807, 2.05) is 30.3 Å². The van der Waals surface area contributed by atoms with Gasteiger partial charge < -0.3 is 9.15 Å². The summed E-state index contributed by atoms with van der Waals surface area (Å²) in [4.78, 5) is 0. The van der Waals surface area contributed by atoms with Crippen molar-refractivity contribution in [3.05, 3.63) is 95.9 Å². The van der Waals surface area contributed by atoms with Gasteiger partial charge in [-0.1, -0.05) is 78.5 Å². The molecule has 0 unspecified atom stereocenters. The maximum atomic E-state index is 12.3. The average Bonchev–Trinajstić information content (AvgIpc) is 3.21. The first-order chi connectivity index (χ1) is 15.0. The quantitative estimate of drug-likeness (QED) is 0.305. The maximum Gasteiger partial charge on any atom is 0.573 e. The lowest BCUT2D eigenvalue weighted by Gasteiger charge is -2.08. The van der Waals surface area contributed by atoms with Gasteiger partial charge in [0.25, 0.3) is 5.22 Å². The molecule has 0 saturated carbocycles. The van der Waals surface area contributed by atoms with Crippen LogP contribution in [0, 0.1) is 0 Å². The van der Waals surface area contributed by atoms with Crippen molar-refractivity contribution < 1.29 is 22.3 Å².